The fourth-order valence-electron chi connectivity index (χ4n) is 0.824. The predicted molar refractivity (Wildman–Crippen MR) is 29.4 cm³/mol. The largest absolute Gasteiger partial charge is 0.314 e. The summed E-state index contributed by atoms with van der Waals surface area (Å²) in [6.07, 6.45) is 2.53. The summed E-state index contributed by atoms with van der Waals surface area (Å²) in [6, 6.07) is 0.201. The highest BCUT2D eigenvalue weighted by Gasteiger charge is 2.11. The number of rotatable bonds is 1. The molecule has 1 N–H and O–H groups in total. The minimum Gasteiger partial charge on any atom is -0.314 e. The lowest BCUT2D eigenvalue weighted by atomic mass is 10.3. The number of hydrogen-bond donors (Lipinski definition) is 1. The average Bonchev–Trinajstić information content (AvgIpc) is 2.19. The third kappa shape index (κ3) is 1.15. The van der Waals surface area contributed by atoms with Gasteiger partial charge in [0.2, 0.25) is 6.08 Å². The van der Waals surface area contributed by atoms with Gasteiger partial charge in [-0.15, -0.1) is 0 Å². The lowest BCUT2D eigenvalue weighted by Gasteiger charge is -1.91. The zero-order chi connectivity index (χ0) is 5.82. The predicted octanol–water partition coefficient (Wildman–Crippen LogP) is -0.316. The Balaban J connectivity index is 2.35. The number of aliphatic imine (C=N–C) groups is 1. The lowest BCUT2D eigenvalue weighted by Crippen LogP contribution is -2.10. The van der Waals surface area contributed by atoms with E-state index in [1.54, 1.807) is 6.08 Å². The smallest absolute Gasteiger partial charge is 0.235 e. The Morgan fingerprint density at radius 3 is 3.12 bits per heavy atom. The highest BCUT2D eigenvalue weighted by molar-refractivity contribution is 5.33. The normalized spacial score (nSPS) is 27.2. The molecule has 3 heteroatoms. The van der Waals surface area contributed by atoms with Crippen molar-refractivity contribution in [2.75, 3.05) is 13.1 Å². The summed E-state index contributed by atoms with van der Waals surface area (Å²) in [4.78, 5) is 13.2. The van der Waals surface area contributed by atoms with E-state index in [2.05, 4.69) is 10.3 Å². The molecule has 0 aliphatic carbocycles. The van der Waals surface area contributed by atoms with Crippen LogP contribution in [0.5, 0.6) is 0 Å². The van der Waals surface area contributed by atoms with Gasteiger partial charge in [-0.25, -0.2) is 9.79 Å². The minimum atomic E-state index is 0.201. The number of hydrogen-bond acceptors (Lipinski definition) is 3. The van der Waals surface area contributed by atoms with Gasteiger partial charge in [-0.2, -0.15) is 0 Å². The van der Waals surface area contributed by atoms with Crippen molar-refractivity contribution in [2.24, 2.45) is 4.99 Å². The van der Waals surface area contributed by atoms with Crippen molar-refractivity contribution in [2.45, 2.75) is 12.5 Å². The van der Waals surface area contributed by atoms with Crippen molar-refractivity contribution in [1.29, 1.82) is 0 Å². The Kier molecular flexibility index (Phi) is 1.78. The van der Waals surface area contributed by atoms with E-state index in [1.807, 2.05) is 0 Å². The van der Waals surface area contributed by atoms with E-state index in [4.69, 9.17) is 0 Å². The molecule has 0 aromatic heterocycles. The van der Waals surface area contributed by atoms with Gasteiger partial charge < -0.3 is 5.32 Å². The number of nitrogens with one attached hydrogen (secondary N) is 1. The van der Waals surface area contributed by atoms with E-state index in [-0.39, 0.29) is 6.04 Å². The number of isocyanates is 1. The van der Waals surface area contributed by atoms with Crippen LogP contribution in [0.3, 0.4) is 0 Å². The van der Waals surface area contributed by atoms with Gasteiger partial charge in [0.05, 0.1) is 6.04 Å². The maximum absolute atomic E-state index is 9.64. The fraction of sp³-hybridized carbons (Fsp3) is 0.800. The first-order valence-electron chi connectivity index (χ1n) is 2.71. The molecule has 0 radical (unpaired) electrons. The summed E-state index contributed by atoms with van der Waals surface area (Å²) in [5.74, 6) is 0. The summed E-state index contributed by atoms with van der Waals surface area (Å²) < 4.78 is 0. The summed E-state index contributed by atoms with van der Waals surface area (Å²) in [5, 5.41) is 3.08. The van der Waals surface area contributed by atoms with Gasteiger partial charge in [0.1, 0.15) is 0 Å². The van der Waals surface area contributed by atoms with Crippen molar-refractivity contribution in [3.8, 4) is 0 Å². The minimum absolute atomic E-state index is 0.201. The molecule has 0 amide bonds. The van der Waals surface area contributed by atoms with E-state index in [9.17, 15) is 4.79 Å². The molecule has 1 atom stereocenters. The highest BCUT2D eigenvalue weighted by atomic mass is 16.1. The van der Waals surface area contributed by atoms with E-state index in [0.717, 1.165) is 19.5 Å². The first-order chi connectivity index (χ1) is 3.93. The Labute approximate surface area is 47.8 Å². The van der Waals surface area contributed by atoms with Crippen LogP contribution < -0.4 is 5.32 Å². The molecular formula is C5H8N2O. The van der Waals surface area contributed by atoms with Crippen LogP contribution in [-0.4, -0.2) is 25.2 Å². The lowest BCUT2D eigenvalue weighted by molar-refractivity contribution is 0.558. The fourth-order valence-corrected chi connectivity index (χ4v) is 0.824. The van der Waals surface area contributed by atoms with Gasteiger partial charge in [0.15, 0.2) is 0 Å². The van der Waals surface area contributed by atoms with Gasteiger partial charge in [-0.05, 0) is 13.0 Å². The molecule has 0 spiro atoms. The van der Waals surface area contributed by atoms with Gasteiger partial charge in [0, 0.05) is 6.54 Å². The molecule has 0 aromatic rings. The monoisotopic (exact) mass is 112 g/mol. The van der Waals surface area contributed by atoms with Crippen LogP contribution in [0.2, 0.25) is 0 Å². The van der Waals surface area contributed by atoms with E-state index < -0.39 is 0 Å². The zero-order valence-electron chi connectivity index (χ0n) is 4.55. The first-order valence-corrected chi connectivity index (χ1v) is 2.71. The van der Waals surface area contributed by atoms with Crippen LogP contribution in [0.25, 0.3) is 0 Å². The molecule has 0 aromatic carbocycles. The SMILES string of the molecule is O=C=NC1CCNC1. The molecule has 0 bridgehead atoms. The average molecular weight is 112 g/mol. The zero-order valence-corrected chi connectivity index (χ0v) is 4.55. The van der Waals surface area contributed by atoms with Crippen LogP contribution >= 0.6 is 0 Å². The van der Waals surface area contributed by atoms with Crippen LogP contribution in [0.15, 0.2) is 4.99 Å². The summed E-state index contributed by atoms with van der Waals surface area (Å²) in [5.41, 5.74) is 0. The van der Waals surface area contributed by atoms with Gasteiger partial charge >= 0.3 is 0 Å². The first kappa shape index (κ1) is 5.48. The molecule has 1 unspecified atom stereocenters. The summed E-state index contributed by atoms with van der Waals surface area (Å²) in [6.45, 7) is 1.82. The van der Waals surface area contributed by atoms with E-state index >= 15 is 0 Å². The summed E-state index contributed by atoms with van der Waals surface area (Å²) in [7, 11) is 0. The van der Waals surface area contributed by atoms with Crippen molar-refractivity contribution >= 4 is 6.08 Å². The Hall–Kier alpha value is -0.660. The Bertz CT molecular complexity index is 112. The molecule has 8 heavy (non-hydrogen) atoms. The van der Waals surface area contributed by atoms with Crippen molar-refractivity contribution in [1.82, 2.24) is 5.32 Å². The van der Waals surface area contributed by atoms with Crippen LogP contribution in [0, 0.1) is 0 Å². The second-order valence-electron chi connectivity index (χ2n) is 1.87. The molecule has 0 saturated carbocycles. The molecular weight excluding hydrogens is 104 g/mol. The summed E-state index contributed by atoms with van der Waals surface area (Å²) >= 11 is 0. The van der Waals surface area contributed by atoms with E-state index in [1.165, 1.54) is 0 Å². The van der Waals surface area contributed by atoms with Crippen molar-refractivity contribution < 1.29 is 4.79 Å². The van der Waals surface area contributed by atoms with Gasteiger partial charge in [0.25, 0.3) is 0 Å². The number of carbonyl (C=O) groups excluding carboxylic acids is 1. The molecule has 1 rings (SSSR count). The number of nitrogens with zero attached hydrogens (tertiary/aromatic N) is 1. The molecule has 3 nitrogen and oxygen atoms in total. The van der Waals surface area contributed by atoms with Crippen molar-refractivity contribution in [3.05, 3.63) is 0 Å². The Morgan fingerprint density at radius 2 is 2.62 bits per heavy atom. The molecule has 44 valence electrons. The molecule has 1 aliphatic rings. The van der Waals surface area contributed by atoms with Crippen LogP contribution in [0.4, 0.5) is 0 Å². The quantitative estimate of drug-likeness (QED) is 0.373. The standard InChI is InChI=1S/C5H8N2O/c8-4-7-5-1-2-6-3-5/h5-6H,1-3H2. The molecule has 1 saturated heterocycles. The van der Waals surface area contributed by atoms with Gasteiger partial charge in [-0.3, -0.25) is 0 Å². The highest BCUT2D eigenvalue weighted by Crippen LogP contribution is 1.99. The molecule has 1 aliphatic heterocycles. The maximum Gasteiger partial charge on any atom is 0.235 e. The topological polar surface area (TPSA) is 41.5 Å². The second-order valence-corrected chi connectivity index (χ2v) is 1.87. The van der Waals surface area contributed by atoms with Crippen LogP contribution in [0.1, 0.15) is 6.42 Å². The van der Waals surface area contributed by atoms with Gasteiger partial charge in [-0.1, -0.05) is 0 Å². The van der Waals surface area contributed by atoms with E-state index in [0.29, 0.717) is 0 Å². The third-order valence-electron chi connectivity index (χ3n) is 1.27. The maximum atomic E-state index is 9.64. The molecule has 1 fully saturated rings. The second kappa shape index (κ2) is 2.60. The third-order valence-corrected chi connectivity index (χ3v) is 1.27. The van der Waals surface area contributed by atoms with Crippen molar-refractivity contribution in [3.63, 3.8) is 0 Å². The van der Waals surface area contributed by atoms with Crippen LogP contribution in [-0.2, 0) is 4.79 Å². The Morgan fingerprint density at radius 1 is 1.75 bits per heavy atom. The molecule has 1 heterocycles.